The fourth-order valence-corrected chi connectivity index (χ4v) is 2.49. The predicted molar refractivity (Wildman–Crippen MR) is 73.1 cm³/mol. The van der Waals surface area contributed by atoms with Crippen LogP contribution in [0.3, 0.4) is 0 Å². The maximum absolute atomic E-state index is 5.45. The van der Waals surface area contributed by atoms with Crippen molar-refractivity contribution in [1.82, 2.24) is 9.97 Å². The minimum atomic E-state index is 0.374. The van der Waals surface area contributed by atoms with Crippen molar-refractivity contribution >= 4 is 16.9 Å². The molecule has 0 spiro atoms. The lowest BCUT2D eigenvalue weighted by Gasteiger charge is -2.18. The summed E-state index contributed by atoms with van der Waals surface area (Å²) in [7, 11) is 0. The minimum absolute atomic E-state index is 0.374. The molecule has 0 aliphatic heterocycles. The first kappa shape index (κ1) is 11.2. The summed E-state index contributed by atoms with van der Waals surface area (Å²) in [5.41, 5.74) is 4.57. The second-order valence-corrected chi connectivity index (χ2v) is 4.56. The summed E-state index contributed by atoms with van der Waals surface area (Å²) in [5, 5.41) is 1.12. The lowest BCUT2D eigenvalue weighted by molar-refractivity contribution is 0.645. The first-order chi connectivity index (χ1) is 8.88. The van der Waals surface area contributed by atoms with Gasteiger partial charge in [0, 0.05) is 11.3 Å². The topological polar surface area (TPSA) is 63.8 Å². The molecule has 2 aromatic rings. The van der Waals surface area contributed by atoms with Crippen LogP contribution in [0.2, 0.25) is 0 Å². The zero-order valence-electron chi connectivity index (χ0n) is 10.1. The molecule has 0 saturated carbocycles. The summed E-state index contributed by atoms with van der Waals surface area (Å²) >= 11 is 0. The summed E-state index contributed by atoms with van der Waals surface area (Å²) in [6, 6.07) is 8.08. The maximum atomic E-state index is 5.45. The van der Waals surface area contributed by atoms with Gasteiger partial charge < -0.3 is 0 Å². The van der Waals surface area contributed by atoms with Crippen LogP contribution in [0.5, 0.6) is 0 Å². The molecule has 4 heteroatoms. The third-order valence-electron chi connectivity index (χ3n) is 3.37. The summed E-state index contributed by atoms with van der Waals surface area (Å²) in [6.45, 7) is 0. The third kappa shape index (κ3) is 1.95. The van der Waals surface area contributed by atoms with Crippen molar-refractivity contribution in [2.45, 2.75) is 25.2 Å². The number of anilines is 1. The van der Waals surface area contributed by atoms with Gasteiger partial charge in [0.2, 0.25) is 5.95 Å². The molecule has 4 nitrogen and oxygen atoms in total. The first-order valence-electron chi connectivity index (χ1n) is 6.28. The highest BCUT2D eigenvalue weighted by Gasteiger charge is 2.17. The van der Waals surface area contributed by atoms with Gasteiger partial charge in [0.25, 0.3) is 0 Å². The molecule has 0 radical (unpaired) electrons. The third-order valence-corrected chi connectivity index (χ3v) is 3.37. The number of hydrogen-bond donors (Lipinski definition) is 2. The van der Waals surface area contributed by atoms with Crippen molar-refractivity contribution in [1.29, 1.82) is 0 Å². The number of para-hydroxylation sites is 1. The van der Waals surface area contributed by atoms with E-state index in [-0.39, 0.29) is 0 Å². The highest BCUT2D eigenvalue weighted by Crippen LogP contribution is 2.31. The van der Waals surface area contributed by atoms with Gasteiger partial charge in [-0.2, -0.15) is 0 Å². The van der Waals surface area contributed by atoms with Crippen molar-refractivity contribution in [3.8, 4) is 0 Å². The van der Waals surface area contributed by atoms with Crippen molar-refractivity contribution in [3.05, 3.63) is 42.1 Å². The SMILES string of the molecule is NNc1nc(C2C=CCCC2)c2ccccc2n1. The van der Waals surface area contributed by atoms with Gasteiger partial charge >= 0.3 is 0 Å². The molecular weight excluding hydrogens is 224 g/mol. The van der Waals surface area contributed by atoms with Gasteiger partial charge in [0.15, 0.2) is 0 Å². The second-order valence-electron chi connectivity index (χ2n) is 4.56. The van der Waals surface area contributed by atoms with Crippen molar-refractivity contribution < 1.29 is 0 Å². The summed E-state index contributed by atoms with van der Waals surface area (Å²) < 4.78 is 0. The molecule has 1 aromatic carbocycles. The Hall–Kier alpha value is -1.94. The summed E-state index contributed by atoms with van der Waals surface area (Å²) in [5.74, 6) is 6.31. The van der Waals surface area contributed by atoms with Gasteiger partial charge in [-0.3, -0.25) is 5.43 Å². The van der Waals surface area contributed by atoms with Gasteiger partial charge in [0.05, 0.1) is 11.2 Å². The van der Waals surface area contributed by atoms with E-state index in [0.717, 1.165) is 23.0 Å². The maximum Gasteiger partial charge on any atom is 0.237 e. The number of nitrogens with zero attached hydrogens (tertiary/aromatic N) is 2. The molecule has 1 atom stereocenters. The molecule has 0 fully saturated rings. The predicted octanol–water partition coefficient (Wildman–Crippen LogP) is 2.74. The lowest BCUT2D eigenvalue weighted by atomic mass is 9.91. The molecule has 3 N–H and O–H groups in total. The Morgan fingerprint density at radius 2 is 2.11 bits per heavy atom. The Labute approximate surface area is 106 Å². The van der Waals surface area contributed by atoms with Gasteiger partial charge in [-0.05, 0) is 25.3 Å². The van der Waals surface area contributed by atoms with Crippen LogP contribution in [0, 0.1) is 0 Å². The van der Waals surface area contributed by atoms with Crippen molar-refractivity contribution in [2.24, 2.45) is 5.84 Å². The van der Waals surface area contributed by atoms with Crippen molar-refractivity contribution in [3.63, 3.8) is 0 Å². The number of nitrogens with one attached hydrogen (secondary N) is 1. The molecule has 1 unspecified atom stereocenters. The van der Waals surface area contributed by atoms with Crippen LogP contribution >= 0.6 is 0 Å². The van der Waals surface area contributed by atoms with Gasteiger partial charge in [0.1, 0.15) is 0 Å². The monoisotopic (exact) mass is 240 g/mol. The van der Waals surface area contributed by atoms with E-state index in [1.165, 1.54) is 12.8 Å². The molecule has 1 aliphatic carbocycles. The Balaban J connectivity index is 2.18. The van der Waals surface area contributed by atoms with E-state index in [4.69, 9.17) is 5.84 Å². The van der Waals surface area contributed by atoms with Crippen LogP contribution in [0.25, 0.3) is 10.9 Å². The van der Waals surface area contributed by atoms with Crippen LogP contribution in [0.1, 0.15) is 30.9 Å². The van der Waals surface area contributed by atoms with E-state index in [2.05, 4.69) is 33.6 Å². The summed E-state index contributed by atoms with van der Waals surface area (Å²) in [6.07, 6.45) is 8.01. The molecule has 3 rings (SSSR count). The zero-order chi connectivity index (χ0) is 12.4. The molecule has 1 aromatic heterocycles. The van der Waals surface area contributed by atoms with Gasteiger partial charge in [-0.15, -0.1) is 0 Å². The number of fused-ring (bicyclic) bond motifs is 1. The fourth-order valence-electron chi connectivity index (χ4n) is 2.49. The minimum Gasteiger partial charge on any atom is -0.292 e. The van der Waals surface area contributed by atoms with Crippen LogP contribution < -0.4 is 11.3 Å². The average Bonchev–Trinajstić information content (AvgIpc) is 2.47. The lowest BCUT2D eigenvalue weighted by Crippen LogP contribution is -2.13. The standard InChI is InChI=1S/C14H16N4/c15-18-14-16-12-9-5-4-8-11(12)13(17-14)10-6-2-1-3-7-10/h2,4-6,8-10H,1,3,7,15H2,(H,16,17,18). The molecule has 18 heavy (non-hydrogen) atoms. The molecular formula is C14H16N4. The molecule has 1 aliphatic rings. The number of benzene rings is 1. The van der Waals surface area contributed by atoms with Gasteiger partial charge in [-0.1, -0.05) is 30.4 Å². The number of rotatable bonds is 2. The van der Waals surface area contributed by atoms with Crippen LogP contribution in [0.4, 0.5) is 5.95 Å². The normalized spacial score (nSPS) is 19.1. The Kier molecular flexibility index (Phi) is 2.94. The Bertz CT molecular complexity index is 591. The highest BCUT2D eigenvalue weighted by atomic mass is 15.3. The van der Waals surface area contributed by atoms with E-state index in [1.807, 2.05) is 18.2 Å². The number of hydrazine groups is 1. The van der Waals surface area contributed by atoms with Crippen LogP contribution in [-0.4, -0.2) is 9.97 Å². The number of nitrogens with two attached hydrogens (primary N) is 1. The Morgan fingerprint density at radius 3 is 2.89 bits per heavy atom. The summed E-state index contributed by atoms with van der Waals surface area (Å²) in [4.78, 5) is 8.92. The second kappa shape index (κ2) is 4.74. The largest absolute Gasteiger partial charge is 0.292 e. The van der Waals surface area contributed by atoms with Gasteiger partial charge in [-0.25, -0.2) is 15.8 Å². The molecule has 0 amide bonds. The zero-order valence-corrected chi connectivity index (χ0v) is 10.1. The fraction of sp³-hybridized carbons (Fsp3) is 0.286. The van der Waals surface area contributed by atoms with E-state index in [9.17, 15) is 0 Å². The molecule has 0 bridgehead atoms. The number of hydrogen-bond acceptors (Lipinski definition) is 4. The number of allylic oxidation sites excluding steroid dienone is 2. The van der Waals surface area contributed by atoms with Crippen molar-refractivity contribution in [2.75, 3.05) is 5.43 Å². The average molecular weight is 240 g/mol. The van der Waals surface area contributed by atoms with E-state index in [1.54, 1.807) is 0 Å². The van der Waals surface area contributed by atoms with E-state index in [0.29, 0.717) is 11.9 Å². The molecule has 92 valence electrons. The van der Waals surface area contributed by atoms with Crippen LogP contribution in [-0.2, 0) is 0 Å². The van der Waals surface area contributed by atoms with E-state index < -0.39 is 0 Å². The van der Waals surface area contributed by atoms with Crippen LogP contribution in [0.15, 0.2) is 36.4 Å². The Morgan fingerprint density at radius 1 is 1.22 bits per heavy atom. The molecule has 1 heterocycles. The van der Waals surface area contributed by atoms with E-state index >= 15 is 0 Å². The first-order valence-corrected chi connectivity index (χ1v) is 6.28. The quantitative estimate of drug-likeness (QED) is 0.481. The number of aromatic nitrogens is 2. The number of nitrogen functional groups attached to an aromatic ring is 1. The molecule has 0 saturated heterocycles. The smallest absolute Gasteiger partial charge is 0.237 e. The highest BCUT2D eigenvalue weighted by molar-refractivity contribution is 5.82.